The van der Waals surface area contributed by atoms with E-state index in [1.165, 1.54) is 0 Å². The second-order valence-corrected chi connectivity index (χ2v) is 6.27. The van der Waals surface area contributed by atoms with E-state index in [1.54, 1.807) is 24.3 Å². The fourth-order valence-corrected chi connectivity index (χ4v) is 3.07. The summed E-state index contributed by atoms with van der Waals surface area (Å²) in [6, 6.07) is 12.3. The van der Waals surface area contributed by atoms with Gasteiger partial charge in [0.2, 0.25) is 11.6 Å². The van der Waals surface area contributed by atoms with Crippen LogP contribution >= 0.6 is 27.5 Å². The van der Waals surface area contributed by atoms with Gasteiger partial charge in [-0.2, -0.15) is 0 Å². The molecule has 1 aliphatic carbocycles. The maximum absolute atomic E-state index is 12.6. The molecular formula is C17H11BrClNO2. The number of ketones is 2. The van der Waals surface area contributed by atoms with Crippen molar-refractivity contribution < 1.29 is 9.59 Å². The molecule has 3 nitrogen and oxygen atoms in total. The normalized spacial score (nSPS) is 14.1. The molecule has 0 radical (unpaired) electrons. The highest BCUT2D eigenvalue weighted by molar-refractivity contribution is 9.10. The molecule has 0 unspecified atom stereocenters. The number of halogens is 2. The quantitative estimate of drug-likeness (QED) is 0.826. The van der Waals surface area contributed by atoms with Crippen LogP contribution in [0.5, 0.6) is 0 Å². The second kappa shape index (κ2) is 5.71. The highest BCUT2D eigenvalue weighted by atomic mass is 79.9. The zero-order valence-corrected chi connectivity index (χ0v) is 14.0. The molecule has 3 rings (SSSR count). The van der Waals surface area contributed by atoms with Crippen LogP contribution in [0.3, 0.4) is 0 Å². The zero-order valence-electron chi connectivity index (χ0n) is 11.6. The number of carbonyl (C=O) groups excluding carboxylic acids is 2. The average molecular weight is 377 g/mol. The molecule has 0 saturated heterocycles. The van der Waals surface area contributed by atoms with Crippen LogP contribution in [-0.4, -0.2) is 11.6 Å². The summed E-state index contributed by atoms with van der Waals surface area (Å²) in [5.74, 6) is -0.614. The first kappa shape index (κ1) is 15.0. The molecule has 0 amide bonds. The summed E-state index contributed by atoms with van der Waals surface area (Å²) >= 11 is 9.52. The maximum Gasteiger partial charge on any atom is 0.211 e. The third kappa shape index (κ3) is 2.49. The van der Waals surface area contributed by atoms with Crippen molar-refractivity contribution in [3.8, 4) is 0 Å². The van der Waals surface area contributed by atoms with Gasteiger partial charge in [0.25, 0.3) is 0 Å². The summed E-state index contributed by atoms with van der Waals surface area (Å²) < 4.78 is 0.937. The standard InChI is InChI=1S/C17H11BrClNO2/c1-9-8-10(18)6-7-13(9)20-15-14(19)16(21)11-4-2-3-5-12(11)17(15)22/h2-8,20H,1H3. The lowest BCUT2D eigenvalue weighted by molar-refractivity contribution is 0.0982. The van der Waals surface area contributed by atoms with Crippen molar-refractivity contribution in [3.05, 3.63) is 74.4 Å². The molecule has 0 saturated carbocycles. The average Bonchev–Trinajstić information content (AvgIpc) is 2.51. The highest BCUT2D eigenvalue weighted by Crippen LogP contribution is 2.30. The number of carbonyl (C=O) groups is 2. The predicted molar refractivity (Wildman–Crippen MR) is 90.5 cm³/mol. The van der Waals surface area contributed by atoms with Gasteiger partial charge in [-0.1, -0.05) is 51.8 Å². The van der Waals surface area contributed by atoms with E-state index in [0.29, 0.717) is 11.1 Å². The van der Waals surface area contributed by atoms with Gasteiger partial charge in [-0.15, -0.1) is 0 Å². The van der Waals surface area contributed by atoms with Crippen molar-refractivity contribution in [2.45, 2.75) is 6.92 Å². The lowest BCUT2D eigenvalue weighted by Gasteiger charge is -2.19. The van der Waals surface area contributed by atoms with E-state index in [2.05, 4.69) is 21.2 Å². The Hall–Kier alpha value is -1.91. The van der Waals surface area contributed by atoms with E-state index in [1.807, 2.05) is 25.1 Å². The summed E-state index contributed by atoms with van der Waals surface area (Å²) in [5.41, 5.74) is 2.50. The van der Waals surface area contributed by atoms with Gasteiger partial charge < -0.3 is 5.32 Å². The summed E-state index contributed by atoms with van der Waals surface area (Å²) in [5, 5.41) is 2.93. The maximum atomic E-state index is 12.6. The third-order valence-electron chi connectivity index (χ3n) is 3.51. The third-order valence-corrected chi connectivity index (χ3v) is 4.36. The predicted octanol–water partition coefficient (Wildman–Crippen LogP) is 4.70. The molecule has 0 aliphatic heterocycles. The monoisotopic (exact) mass is 375 g/mol. The summed E-state index contributed by atoms with van der Waals surface area (Å²) in [7, 11) is 0. The minimum absolute atomic E-state index is 0.0778. The zero-order chi connectivity index (χ0) is 15.9. The van der Waals surface area contributed by atoms with Gasteiger partial charge in [-0.05, 0) is 30.7 Å². The Labute approximate surface area is 141 Å². The molecule has 0 atom stereocenters. The molecule has 1 aliphatic rings. The number of fused-ring (bicyclic) bond motifs is 1. The Morgan fingerprint density at radius 3 is 2.27 bits per heavy atom. The number of anilines is 1. The van der Waals surface area contributed by atoms with Crippen molar-refractivity contribution in [1.29, 1.82) is 0 Å². The summed E-state index contributed by atoms with van der Waals surface area (Å²) in [4.78, 5) is 24.9. The second-order valence-electron chi connectivity index (χ2n) is 4.98. The van der Waals surface area contributed by atoms with Gasteiger partial charge in [-0.25, -0.2) is 0 Å². The van der Waals surface area contributed by atoms with Crippen LogP contribution in [-0.2, 0) is 0 Å². The Bertz CT molecular complexity index is 842. The van der Waals surface area contributed by atoms with E-state index in [0.717, 1.165) is 15.7 Å². The van der Waals surface area contributed by atoms with Crippen LogP contribution in [0.25, 0.3) is 0 Å². The Balaban J connectivity index is 2.05. The van der Waals surface area contributed by atoms with Crippen molar-refractivity contribution in [2.75, 3.05) is 5.32 Å². The van der Waals surface area contributed by atoms with Crippen molar-refractivity contribution in [3.63, 3.8) is 0 Å². The number of nitrogens with one attached hydrogen (secondary N) is 1. The van der Waals surface area contributed by atoms with Gasteiger partial charge in [-0.3, -0.25) is 9.59 Å². The summed E-state index contributed by atoms with van der Waals surface area (Å²) in [6.45, 7) is 1.91. The molecule has 1 N–H and O–H groups in total. The molecule has 0 fully saturated rings. The van der Waals surface area contributed by atoms with Gasteiger partial charge >= 0.3 is 0 Å². The molecule has 0 bridgehead atoms. The topological polar surface area (TPSA) is 46.2 Å². The Morgan fingerprint density at radius 2 is 1.64 bits per heavy atom. The number of hydrogen-bond acceptors (Lipinski definition) is 3. The lowest BCUT2D eigenvalue weighted by atomic mass is 9.92. The van der Waals surface area contributed by atoms with E-state index in [-0.39, 0.29) is 22.3 Å². The fourth-order valence-electron chi connectivity index (χ4n) is 2.36. The van der Waals surface area contributed by atoms with E-state index < -0.39 is 0 Å². The molecule has 110 valence electrons. The smallest absolute Gasteiger partial charge is 0.211 e. The summed E-state index contributed by atoms with van der Waals surface area (Å²) in [6.07, 6.45) is 0. The highest BCUT2D eigenvalue weighted by Gasteiger charge is 2.31. The van der Waals surface area contributed by atoms with Crippen molar-refractivity contribution >= 4 is 44.8 Å². The Morgan fingerprint density at radius 1 is 1.00 bits per heavy atom. The molecule has 0 aromatic heterocycles. The molecule has 2 aromatic carbocycles. The van der Waals surface area contributed by atoms with Gasteiger partial charge in [0.1, 0.15) is 10.7 Å². The van der Waals surface area contributed by atoms with E-state index >= 15 is 0 Å². The van der Waals surface area contributed by atoms with Gasteiger partial charge in [0, 0.05) is 21.3 Å². The molecule has 0 heterocycles. The number of allylic oxidation sites excluding steroid dienone is 2. The van der Waals surface area contributed by atoms with E-state index in [4.69, 9.17) is 11.6 Å². The molecule has 5 heteroatoms. The number of Topliss-reactive ketones (excluding diaryl/α,β-unsaturated/α-hetero) is 2. The van der Waals surface area contributed by atoms with Crippen LogP contribution in [0.15, 0.2) is 57.7 Å². The first-order chi connectivity index (χ1) is 10.5. The number of rotatable bonds is 2. The molecule has 22 heavy (non-hydrogen) atoms. The first-order valence-electron chi connectivity index (χ1n) is 6.60. The van der Waals surface area contributed by atoms with Crippen LogP contribution < -0.4 is 5.32 Å². The van der Waals surface area contributed by atoms with Crippen LogP contribution in [0, 0.1) is 6.92 Å². The van der Waals surface area contributed by atoms with Crippen LogP contribution in [0.1, 0.15) is 26.3 Å². The minimum Gasteiger partial charge on any atom is -0.351 e. The molecule has 0 spiro atoms. The van der Waals surface area contributed by atoms with Crippen LogP contribution in [0.2, 0.25) is 0 Å². The van der Waals surface area contributed by atoms with Crippen molar-refractivity contribution in [2.24, 2.45) is 0 Å². The Kier molecular flexibility index (Phi) is 3.89. The molecular weight excluding hydrogens is 366 g/mol. The number of aryl methyl sites for hydroxylation is 1. The first-order valence-corrected chi connectivity index (χ1v) is 7.77. The lowest BCUT2D eigenvalue weighted by Crippen LogP contribution is -2.24. The fraction of sp³-hybridized carbons (Fsp3) is 0.0588. The number of hydrogen-bond donors (Lipinski definition) is 1. The molecule has 2 aromatic rings. The SMILES string of the molecule is Cc1cc(Br)ccc1NC1=C(Cl)C(=O)c2ccccc2C1=O. The number of benzene rings is 2. The largest absolute Gasteiger partial charge is 0.351 e. The van der Waals surface area contributed by atoms with E-state index in [9.17, 15) is 9.59 Å². The van der Waals surface area contributed by atoms with Crippen LogP contribution in [0.4, 0.5) is 5.69 Å². The van der Waals surface area contributed by atoms with Gasteiger partial charge in [0.15, 0.2) is 0 Å². The van der Waals surface area contributed by atoms with Crippen molar-refractivity contribution in [1.82, 2.24) is 0 Å². The minimum atomic E-state index is -0.339. The van der Waals surface area contributed by atoms with Gasteiger partial charge in [0.05, 0.1) is 0 Å².